The summed E-state index contributed by atoms with van der Waals surface area (Å²) in [7, 11) is 0. The Balaban J connectivity index is 2.44. The Labute approximate surface area is 127 Å². The van der Waals surface area contributed by atoms with Gasteiger partial charge in [-0.2, -0.15) is 4.98 Å². The van der Waals surface area contributed by atoms with E-state index >= 15 is 0 Å². The molecule has 2 aromatic rings. The first-order valence-electron chi connectivity index (χ1n) is 6.52. The van der Waals surface area contributed by atoms with Crippen LogP contribution < -0.4 is 5.73 Å². The number of hydrogen-bond donors (Lipinski definition) is 1. The average Bonchev–Trinajstić information content (AvgIpc) is 2.77. The third-order valence-electron chi connectivity index (χ3n) is 3.94. The predicted molar refractivity (Wildman–Crippen MR) is 83.5 cm³/mol. The van der Waals surface area contributed by atoms with E-state index in [1.54, 1.807) is 0 Å². The second-order valence-electron chi connectivity index (χ2n) is 6.25. The van der Waals surface area contributed by atoms with Gasteiger partial charge in [-0.1, -0.05) is 27.2 Å². The first-order chi connectivity index (χ1) is 9.13. The monoisotopic (exact) mass is 337 g/mol. The second kappa shape index (κ2) is 4.97. The van der Waals surface area contributed by atoms with E-state index in [1.807, 2.05) is 52.8 Å². The van der Waals surface area contributed by atoms with Gasteiger partial charge in [0, 0.05) is 15.6 Å². The fraction of sp³-hybridized carbons (Fsp3) is 0.467. The SMILES string of the molecule is Cc1ccc(-c2noc(C(C)(C)C(C)(C)N)n2)c(Br)c1. The number of benzene rings is 1. The van der Waals surface area contributed by atoms with Gasteiger partial charge in [0.05, 0.1) is 5.41 Å². The van der Waals surface area contributed by atoms with Crippen molar-refractivity contribution in [2.24, 2.45) is 5.73 Å². The summed E-state index contributed by atoms with van der Waals surface area (Å²) in [5, 5.41) is 4.09. The molecule has 1 heterocycles. The van der Waals surface area contributed by atoms with E-state index in [4.69, 9.17) is 10.3 Å². The van der Waals surface area contributed by atoms with Gasteiger partial charge in [0.2, 0.25) is 11.7 Å². The van der Waals surface area contributed by atoms with Crippen molar-refractivity contribution in [1.82, 2.24) is 10.1 Å². The van der Waals surface area contributed by atoms with Crippen molar-refractivity contribution in [3.8, 4) is 11.4 Å². The van der Waals surface area contributed by atoms with E-state index in [9.17, 15) is 0 Å². The molecule has 20 heavy (non-hydrogen) atoms. The lowest BCUT2D eigenvalue weighted by Gasteiger charge is -2.34. The molecule has 4 nitrogen and oxygen atoms in total. The summed E-state index contributed by atoms with van der Waals surface area (Å²) < 4.78 is 6.39. The Morgan fingerprint density at radius 3 is 2.40 bits per heavy atom. The van der Waals surface area contributed by atoms with E-state index in [-0.39, 0.29) is 0 Å². The maximum atomic E-state index is 6.21. The van der Waals surface area contributed by atoms with Crippen LogP contribution in [0.3, 0.4) is 0 Å². The molecule has 108 valence electrons. The summed E-state index contributed by atoms with van der Waals surface area (Å²) in [6.07, 6.45) is 0. The molecular formula is C15H20BrN3O. The zero-order valence-electron chi connectivity index (χ0n) is 12.5. The first-order valence-corrected chi connectivity index (χ1v) is 7.32. The summed E-state index contributed by atoms with van der Waals surface area (Å²) in [6, 6.07) is 6.03. The number of aromatic nitrogens is 2. The van der Waals surface area contributed by atoms with E-state index in [0.29, 0.717) is 11.7 Å². The van der Waals surface area contributed by atoms with Crippen molar-refractivity contribution in [1.29, 1.82) is 0 Å². The van der Waals surface area contributed by atoms with Gasteiger partial charge in [-0.15, -0.1) is 0 Å². The molecule has 0 spiro atoms. The van der Waals surface area contributed by atoms with Crippen LogP contribution in [0, 0.1) is 6.92 Å². The zero-order chi connectivity index (χ0) is 15.1. The fourth-order valence-corrected chi connectivity index (χ4v) is 2.33. The van der Waals surface area contributed by atoms with Gasteiger partial charge in [0.25, 0.3) is 0 Å². The smallest absolute Gasteiger partial charge is 0.234 e. The molecule has 0 atom stereocenters. The normalized spacial score (nSPS) is 12.8. The van der Waals surface area contributed by atoms with Gasteiger partial charge in [0.1, 0.15) is 0 Å². The van der Waals surface area contributed by atoms with Crippen molar-refractivity contribution in [3.05, 3.63) is 34.1 Å². The van der Waals surface area contributed by atoms with Crippen LogP contribution in [0.5, 0.6) is 0 Å². The summed E-state index contributed by atoms with van der Waals surface area (Å²) >= 11 is 3.54. The van der Waals surface area contributed by atoms with Crippen LogP contribution in [0.2, 0.25) is 0 Å². The molecule has 0 saturated heterocycles. The van der Waals surface area contributed by atoms with Gasteiger partial charge in [-0.05, 0) is 52.3 Å². The highest BCUT2D eigenvalue weighted by molar-refractivity contribution is 9.10. The molecule has 0 aliphatic rings. The Bertz CT molecular complexity index is 626. The number of hydrogen-bond acceptors (Lipinski definition) is 4. The molecule has 5 heteroatoms. The number of nitrogens with two attached hydrogens (primary N) is 1. The maximum Gasteiger partial charge on any atom is 0.234 e. The molecule has 0 radical (unpaired) electrons. The lowest BCUT2D eigenvalue weighted by molar-refractivity contribution is 0.223. The fourth-order valence-electron chi connectivity index (χ4n) is 1.66. The molecule has 2 N–H and O–H groups in total. The Hall–Kier alpha value is -1.20. The van der Waals surface area contributed by atoms with Crippen molar-refractivity contribution in [2.45, 2.75) is 45.6 Å². The Morgan fingerprint density at radius 1 is 1.20 bits per heavy atom. The standard InChI is InChI=1S/C15H20BrN3O/c1-9-6-7-10(11(16)8-9)12-18-13(20-19-12)14(2,3)15(4,5)17/h6-8H,17H2,1-5H3. The molecule has 0 aliphatic carbocycles. The minimum absolute atomic E-state index is 0.407. The van der Waals surface area contributed by atoms with Crippen LogP contribution >= 0.6 is 15.9 Å². The topological polar surface area (TPSA) is 64.9 Å². The van der Waals surface area contributed by atoms with Crippen LogP contribution in [-0.2, 0) is 5.41 Å². The number of aryl methyl sites for hydroxylation is 1. The number of nitrogens with zero attached hydrogens (tertiary/aromatic N) is 2. The van der Waals surface area contributed by atoms with Crippen molar-refractivity contribution in [2.75, 3.05) is 0 Å². The van der Waals surface area contributed by atoms with Crippen LogP contribution in [-0.4, -0.2) is 15.7 Å². The third kappa shape index (κ3) is 2.65. The van der Waals surface area contributed by atoms with Crippen molar-refractivity contribution in [3.63, 3.8) is 0 Å². The lowest BCUT2D eigenvalue weighted by atomic mass is 9.75. The summed E-state index contributed by atoms with van der Waals surface area (Å²) in [5.74, 6) is 1.12. The van der Waals surface area contributed by atoms with Gasteiger partial charge < -0.3 is 10.3 Å². The van der Waals surface area contributed by atoms with Crippen molar-refractivity contribution < 1.29 is 4.52 Å². The largest absolute Gasteiger partial charge is 0.338 e. The molecule has 1 aromatic carbocycles. The quantitative estimate of drug-likeness (QED) is 0.924. The van der Waals surface area contributed by atoms with Crippen LogP contribution in [0.4, 0.5) is 0 Å². The van der Waals surface area contributed by atoms with Gasteiger partial charge in [-0.25, -0.2) is 0 Å². The molecule has 0 unspecified atom stereocenters. The van der Waals surface area contributed by atoms with Crippen LogP contribution in [0.25, 0.3) is 11.4 Å². The lowest BCUT2D eigenvalue weighted by Crippen LogP contribution is -2.50. The van der Waals surface area contributed by atoms with E-state index in [2.05, 4.69) is 26.1 Å². The average molecular weight is 338 g/mol. The van der Waals surface area contributed by atoms with Gasteiger partial charge in [-0.3, -0.25) is 0 Å². The highest BCUT2D eigenvalue weighted by Gasteiger charge is 2.40. The van der Waals surface area contributed by atoms with E-state index in [0.717, 1.165) is 10.0 Å². The minimum Gasteiger partial charge on any atom is -0.338 e. The second-order valence-corrected chi connectivity index (χ2v) is 7.11. The van der Waals surface area contributed by atoms with Crippen molar-refractivity contribution >= 4 is 15.9 Å². The maximum absolute atomic E-state index is 6.21. The summed E-state index contributed by atoms with van der Waals surface area (Å²) in [5.41, 5.74) is 7.43. The highest BCUT2D eigenvalue weighted by Crippen LogP contribution is 2.34. The van der Waals surface area contributed by atoms with Crippen LogP contribution in [0.15, 0.2) is 27.2 Å². The third-order valence-corrected chi connectivity index (χ3v) is 4.59. The number of rotatable bonds is 3. The van der Waals surface area contributed by atoms with E-state index < -0.39 is 11.0 Å². The summed E-state index contributed by atoms with van der Waals surface area (Å²) in [6.45, 7) is 9.97. The highest BCUT2D eigenvalue weighted by atomic mass is 79.9. The Kier molecular flexibility index (Phi) is 3.77. The van der Waals surface area contributed by atoms with Gasteiger partial charge >= 0.3 is 0 Å². The molecule has 0 bridgehead atoms. The zero-order valence-corrected chi connectivity index (χ0v) is 14.1. The van der Waals surface area contributed by atoms with Gasteiger partial charge in [0.15, 0.2) is 0 Å². The Morgan fingerprint density at radius 2 is 1.85 bits per heavy atom. The summed E-state index contributed by atoms with van der Waals surface area (Å²) in [4.78, 5) is 4.52. The molecule has 0 aliphatic heterocycles. The van der Waals surface area contributed by atoms with E-state index in [1.165, 1.54) is 5.56 Å². The molecule has 2 rings (SSSR count). The number of halogens is 1. The predicted octanol–water partition coefficient (Wildman–Crippen LogP) is 3.82. The first kappa shape index (κ1) is 15.2. The van der Waals surface area contributed by atoms with Crippen LogP contribution in [0.1, 0.15) is 39.1 Å². The minimum atomic E-state index is -0.457. The molecule has 1 aromatic heterocycles. The molecule has 0 saturated carbocycles. The molecular weight excluding hydrogens is 318 g/mol. The molecule has 0 fully saturated rings. The molecule has 0 amide bonds.